The molecule has 0 spiro atoms. The largest absolute Gasteiger partial charge is 0.495 e. The highest BCUT2D eigenvalue weighted by atomic mass is 16.5. The highest BCUT2D eigenvalue weighted by Crippen LogP contribution is 2.39. The third-order valence-electron chi connectivity index (χ3n) is 8.56. The van der Waals surface area contributed by atoms with E-state index in [4.69, 9.17) is 20.4 Å². The van der Waals surface area contributed by atoms with Crippen LogP contribution in [0.3, 0.4) is 0 Å². The van der Waals surface area contributed by atoms with Crippen LogP contribution in [0, 0.1) is 0 Å². The number of hydrogen-bond acceptors (Lipinski definition) is 9. The number of aliphatic hydroxyl groups excluding tert-OH is 1. The van der Waals surface area contributed by atoms with Crippen molar-refractivity contribution < 1.29 is 9.84 Å². The molecule has 9 nitrogen and oxygen atoms in total. The normalized spacial score (nSPS) is 25.7. The van der Waals surface area contributed by atoms with Crippen molar-refractivity contribution in [2.24, 2.45) is 0 Å². The fourth-order valence-corrected chi connectivity index (χ4v) is 6.37. The van der Waals surface area contributed by atoms with Crippen molar-refractivity contribution in [1.29, 1.82) is 0 Å². The fraction of sp³-hybridized carbons (Fsp3) is 0.536. The summed E-state index contributed by atoms with van der Waals surface area (Å²) < 4.78 is 5.90. The minimum atomic E-state index is -0.257. The number of anilines is 3. The lowest BCUT2D eigenvalue weighted by atomic mass is 10.0. The van der Waals surface area contributed by atoms with E-state index in [9.17, 15) is 5.11 Å². The van der Waals surface area contributed by atoms with Crippen LogP contribution in [0.4, 0.5) is 17.3 Å². The number of fused-ring (bicyclic) bond motifs is 3. The number of nitrogens with zero attached hydrogens (tertiary/aromatic N) is 5. The maximum atomic E-state index is 10.00. The van der Waals surface area contributed by atoms with E-state index in [2.05, 4.69) is 52.3 Å². The van der Waals surface area contributed by atoms with Crippen molar-refractivity contribution in [3.8, 4) is 16.9 Å². The van der Waals surface area contributed by atoms with Crippen molar-refractivity contribution >= 4 is 28.4 Å². The number of aliphatic hydroxyl groups is 1. The smallest absolute Gasteiger partial charge is 0.151 e. The van der Waals surface area contributed by atoms with Crippen molar-refractivity contribution in [3.05, 3.63) is 30.1 Å². The van der Waals surface area contributed by atoms with Gasteiger partial charge in [0.05, 0.1) is 24.6 Å². The Morgan fingerprint density at radius 1 is 1.11 bits per heavy atom. The molecule has 9 heteroatoms. The van der Waals surface area contributed by atoms with Gasteiger partial charge in [0.2, 0.25) is 0 Å². The third kappa shape index (κ3) is 4.34. The number of hydrogen-bond donors (Lipinski definition) is 3. The molecular formula is C28H37N7O2. The van der Waals surface area contributed by atoms with Crippen LogP contribution in [-0.4, -0.2) is 76.4 Å². The molecule has 2 unspecified atom stereocenters. The molecule has 2 aromatic heterocycles. The lowest BCUT2D eigenvalue weighted by Gasteiger charge is -2.40. The highest BCUT2D eigenvalue weighted by Gasteiger charge is 2.38. The van der Waals surface area contributed by atoms with Crippen LogP contribution >= 0.6 is 0 Å². The summed E-state index contributed by atoms with van der Waals surface area (Å²) in [7, 11) is 3.99. The molecule has 6 rings (SSSR count). The van der Waals surface area contributed by atoms with Gasteiger partial charge in [-0.15, -0.1) is 0 Å². The number of rotatable bonds is 6. The van der Waals surface area contributed by atoms with Crippen LogP contribution in [-0.2, 0) is 6.42 Å². The Bertz CT molecular complexity index is 1300. The maximum absolute atomic E-state index is 10.00. The summed E-state index contributed by atoms with van der Waals surface area (Å²) in [5.74, 6) is 1.99. The molecule has 4 N–H and O–H groups in total. The SMILES string of the molecule is CCc1nc2c(N)ncc(-c3ccc(N4CC5CCC(C4)N5C)c(OC)c3)c2nc1N[C@@H]1CC[C@H](O)C1. The summed E-state index contributed by atoms with van der Waals surface area (Å²) in [4.78, 5) is 19.4. The maximum Gasteiger partial charge on any atom is 0.151 e. The summed E-state index contributed by atoms with van der Waals surface area (Å²) in [6.07, 6.45) is 7.22. The first kappa shape index (κ1) is 24.2. The van der Waals surface area contributed by atoms with Crippen LogP contribution < -0.4 is 20.7 Å². The number of aromatic nitrogens is 3. The van der Waals surface area contributed by atoms with E-state index in [1.807, 2.05) is 0 Å². The molecule has 1 aromatic carbocycles. The van der Waals surface area contributed by atoms with Gasteiger partial charge < -0.3 is 25.8 Å². The van der Waals surface area contributed by atoms with Crippen LogP contribution in [0.5, 0.6) is 5.75 Å². The molecule has 2 bridgehead atoms. The molecule has 2 saturated heterocycles. The summed E-state index contributed by atoms with van der Waals surface area (Å²) in [5, 5.41) is 13.5. The molecule has 1 saturated carbocycles. The van der Waals surface area contributed by atoms with E-state index in [1.54, 1.807) is 13.3 Å². The zero-order chi connectivity index (χ0) is 25.7. The van der Waals surface area contributed by atoms with Gasteiger partial charge in [0.15, 0.2) is 5.82 Å². The van der Waals surface area contributed by atoms with Gasteiger partial charge in [0.25, 0.3) is 0 Å². The van der Waals surface area contributed by atoms with E-state index in [0.717, 1.165) is 78.4 Å². The number of methoxy groups -OCH3 is 1. The first-order valence-electron chi connectivity index (χ1n) is 13.5. The van der Waals surface area contributed by atoms with Crippen molar-refractivity contribution in [2.75, 3.05) is 43.2 Å². The minimum absolute atomic E-state index is 0.188. The number of ether oxygens (including phenoxy) is 1. The minimum Gasteiger partial charge on any atom is -0.495 e. The molecule has 3 fully saturated rings. The number of likely N-dealkylation sites (N-methyl/N-ethyl adjacent to an activating group) is 1. The van der Waals surface area contributed by atoms with Crippen LogP contribution in [0.15, 0.2) is 24.4 Å². The van der Waals surface area contributed by atoms with E-state index >= 15 is 0 Å². The standard InChI is InChI=1S/C28H37N7O2/c1-4-22-28(31-17-6-9-20(36)12-17)33-25-21(13-30-27(29)26(25)32-22)16-5-10-23(24(11-16)37-3)35-14-18-7-8-19(15-35)34(18)2/h5,10-11,13,17-20,36H,4,6-9,12,14-15H2,1-3H3,(H2,29,30)(H,31,33)/t17-,18?,19?,20+/m1/s1. The molecule has 3 aromatic rings. The number of piperazine rings is 1. The lowest BCUT2D eigenvalue weighted by molar-refractivity contribution is 0.182. The second-order valence-electron chi connectivity index (χ2n) is 10.8. The molecule has 0 radical (unpaired) electrons. The Balaban J connectivity index is 1.38. The van der Waals surface area contributed by atoms with E-state index < -0.39 is 0 Å². The van der Waals surface area contributed by atoms with Gasteiger partial charge in [-0.3, -0.25) is 4.90 Å². The summed E-state index contributed by atoms with van der Waals surface area (Å²) in [6.45, 7) is 4.10. The number of nitrogens with one attached hydrogen (secondary N) is 1. The molecule has 1 aliphatic carbocycles. The first-order chi connectivity index (χ1) is 17.9. The molecule has 3 aliphatic rings. The van der Waals surface area contributed by atoms with Gasteiger partial charge in [-0.2, -0.15) is 0 Å². The van der Waals surface area contributed by atoms with Crippen LogP contribution in [0.2, 0.25) is 0 Å². The molecule has 4 heterocycles. The Kier molecular flexibility index (Phi) is 6.28. The number of nitrogens with two attached hydrogens (primary N) is 1. The summed E-state index contributed by atoms with van der Waals surface area (Å²) >= 11 is 0. The Labute approximate surface area is 218 Å². The zero-order valence-corrected chi connectivity index (χ0v) is 21.9. The van der Waals surface area contributed by atoms with Crippen molar-refractivity contribution in [2.45, 2.75) is 69.7 Å². The topological polar surface area (TPSA) is 113 Å². The van der Waals surface area contributed by atoms with Crippen molar-refractivity contribution in [3.63, 3.8) is 0 Å². The number of nitrogen functional groups attached to an aromatic ring is 1. The van der Waals surface area contributed by atoms with Crippen LogP contribution in [0.25, 0.3) is 22.2 Å². The predicted octanol–water partition coefficient (Wildman–Crippen LogP) is 3.45. The van der Waals surface area contributed by atoms with Gasteiger partial charge in [-0.05, 0) is 63.3 Å². The average Bonchev–Trinajstić information content (AvgIpc) is 3.38. The van der Waals surface area contributed by atoms with Gasteiger partial charge >= 0.3 is 0 Å². The Morgan fingerprint density at radius 3 is 2.57 bits per heavy atom. The highest BCUT2D eigenvalue weighted by molar-refractivity contribution is 5.97. The monoisotopic (exact) mass is 503 g/mol. The average molecular weight is 504 g/mol. The quantitative estimate of drug-likeness (QED) is 0.465. The summed E-state index contributed by atoms with van der Waals surface area (Å²) in [6, 6.07) is 7.76. The van der Waals surface area contributed by atoms with Crippen LogP contribution in [0.1, 0.15) is 44.7 Å². The predicted molar refractivity (Wildman–Crippen MR) is 147 cm³/mol. The van der Waals surface area contributed by atoms with Gasteiger partial charge in [0.1, 0.15) is 22.6 Å². The molecule has 0 amide bonds. The molecule has 2 aliphatic heterocycles. The second-order valence-corrected chi connectivity index (χ2v) is 10.8. The zero-order valence-electron chi connectivity index (χ0n) is 21.9. The molecule has 196 valence electrons. The van der Waals surface area contributed by atoms with Gasteiger partial charge in [0, 0.05) is 43.0 Å². The number of aryl methyl sites for hydroxylation is 1. The number of benzene rings is 1. The Hall–Kier alpha value is -3.17. The van der Waals surface area contributed by atoms with Crippen molar-refractivity contribution in [1.82, 2.24) is 19.9 Å². The lowest BCUT2D eigenvalue weighted by Crippen LogP contribution is -2.52. The summed E-state index contributed by atoms with van der Waals surface area (Å²) in [5.41, 5.74) is 11.4. The molecule has 37 heavy (non-hydrogen) atoms. The van der Waals surface area contributed by atoms with Gasteiger partial charge in [-0.1, -0.05) is 13.0 Å². The number of pyridine rings is 1. The van der Waals surface area contributed by atoms with E-state index in [1.165, 1.54) is 12.8 Å². The third-order valence-corrected chi connectivity index (χ3v) is 8.56. The Morgan fingerprint density at radius 2 is 1.89 bits per heavy atom. The van der Waals surface area contributed by atoms with Gasteiger partial charge in [-0.25, -0.2) is 15.0 Å². The van der Waals surface area contributed by atoms with E-state index in [0.29, 0.717) is 23.4 Å². The fourth-order valence-electron chi connectivity index (χ4n) is 6.37. The van der Waals surface area contributed by atoms with E-state index in [-0.39, 0.29) is 12.1 Å². The molecule has 4 atom stereocenters. The molecular weight excluding hydrogens is 466 g/mol. The second kappa shape index (κ2) is 9.61. The first-order valence-corrected chi connectivity index (χ1v) is 13.5.